The molecule has 0 aliphatic carbocycles. The van der Waals surface area contributed by atoms with Gasteiger partial charge in [0.2, 0.25) is 11.7 Å². The van der Waals surface area contributed by atoms with Crippen LogP contribution in [0, 0.1) is 5.82 Å². The van der Waals surface area contributed by atoms with Gasteiger partial charge in [-0.3, -0.25) is 9.36 Å². The van der Waals surface area contributed by atoms with Gasteiger partial charge in [0.15, 0.2) is 10.9 Å². The molecule has 0 bridgehead atoms. The van der Waals surface area contributed by atoms with Crippen LogP contribution in [0.2, 0.25) is 0 Å². The van der Waals surface area contributed by atoms with E-state index in [0.29, 0.717) is 23.3 Å². The number of carbonyl (C=O) groups is 1. The highest BCUT2D eigenvalue weighted by atomic mass is 32.2. The Bertz CT molecular complexity index is 1140. The number of benzene rings is 2. The van der Waals surface area contributed by atoms with Gasteiger partial charge in [-0.05, 0) is 54.1 Å². The minimum atomic E-state index is -0.309. The van der Waals surface area contributed by atoms with Crippen molar-refractivity contribution in [1.29, 1.82) is 0 Å². The predicted octanol–water partition coefficient (Wildman–Crippen LogP) is 4.08. The molecule has 2 aromatic heterocycles. The largest absolute Gasteiger partial charge is 0.497 e. The number of nitrogens with one attached hydrogen (secondary N) is 1. The second-order valence-electron chi connectivity index (χ2n) is 6.51. The second-order valence-corrected chi connectivity index (χ2v) is 7.45. The number of thioether (sulfide) groups is 1. The topological polar surface area (TPSA) is 82.2 Å². The van der Waals surface area contributed by atoms with E-state index < -0.39 is 0 Å². The van der Waals surface area contributed by atoms with Crippen LogP contribution in [0.3, 0.4) is 0 Å². The molecule has 0 atom stereocenters. The fourth-order valence-corrected chi connectivity index (χ4v) is 3.66. The molecule has 0 spiro atoms. The standard InChI is InChI=1S/C22H19FN4O3S/c1-29-18-10-8-17(9-11-18)27-21(19-3-2-12-30-19)25-26-22(27)31-14-20(28)24-13-15-4-6-16(23)7-5-15/h2-12H,13-14H2,1H3,(H,24,28). The molecule has 9 heteroatoms. The summed E-state index contributed by atoms with van der Waals surface area (Å²) in [6, 6.07) is 17.0. The molecule has 0 radical (unpaired) electrons. The maximum Gasteiger partial charge on any atom is 0.230 e. The van der Waals surface area contributed by atoms with E-state index in [1.54, 1.807) is 37.6 Å². The maximum atomic E-state index is 13.0. The Labute approximate surface area is 182 Å². The SMILES string of the molecule is COc1ccc(-n2c(SCC(=O)NCc3ccc(F)cc3)nnc2-c2ccco2)cc1. The van der Waals surface area contributed by atoms with Gasteiger partial charge in [-0.25, -0.2) is 4.39 Å². The number of methoxy groups -OCH3 is 1. The number of nitrogens with zero attached hydrogens (tertiary/aromatic N) is 3. The van der Waals surface area contributed by atoms with Gasteiger partial charge in [-0.2, -0.15) is 0 Å². The third-order valence-electron chi connectivity index (χ3n) is 4.44. The molecule has 0 unspecified atom stereocenters. The van der Waals surface area contributed by atoms with E-state index in [0.717, 1.165) is 17.0 Å². The summed E-state index contributed by atoms with van der Waals surface area (Å²) in [6.45, 7) is 0.322. The number of ether oxygens (including phenoxy) is 1. The molecule has 31 heavy (non-hydrogen) atoms. The van der Waals surface area contributed by atoms with Crippen LogP contribution < -0.4 is 10.1 Å². The van der Waals surface area contributed by atoms with Crippen LogP contribution in [-0.2, 0) is 11.3 Å². The zero-order valence-electron chi connectivity index (χ0n) is 16.6. The molecule has 158 valence electrons. The molecule has 4 aromatic rings. The number of carbonyl (C=O) groups excluding carboxylic acids is 1. The first-order valence-corrected chi connectivity index (χ1v) is 10.4. The van der Waals surface area contributed by atoms with E-state index in [2.05, 4.69) is 15.5 Å². The normalized spacial score (nSPS) is 10.8. The summed E-state index contributed by atoms with van der Waals surface area (Å²) in [4.78, 5) is 12.3. The monoisotopic (exact) mass is 438 g/mol. The number of hydrogen-bond donors (Lipinski definition) is 1. The average molecular weight is 438 g/mol. The quantitative estimate of drug-likeness (QED) is 0.418. The van der Waals surface area contributed by atoms with E-state index in [-0.39, 0.29) is 17.5 Å². The third kappa shape index (κ3) is 4.95. The molecular formula is C22H19FN4O3S. The molecule has 2 aromatic carbocycles. The summed E-state index contributed by atoms with van der Waals surface area (Å²) < 4.78 is 25.6. The molecule has 4 rings (SSSR count). The lowest BCUT2D eigenvalue weighted by atomic mass is 10.2. The maximum absolute atomic E-state index is 13.0. The fourth-order valence-electron chi connectivity index (χ4n) is 2.88. The zero-order valence-corrected chi connectivity index (χ0v) is 17.4. The van der Waals surface area contributed by atoms with Gasteiger partial charge < -0.3 is 14.5 Å². The Morgan fingerprint density at radius 3 is 2.58 bits per heavy atom. The number of furan rings is 1. The Morgan fingerprint density at radius 2 is 1.90 bits per heavy atom. The van der Waals surface area contributed by atoms with Crippen LogP contribution in [0.15, 0.2) is 76.5 Å². The lowest BCUT2D eigenvalue weighted by Gasteiger charge is -2.10. The van der Waals surface area contributed by atoms with Crippen LogP contribution in [0.4, 0.5) is 4.39 Å². The summed E-state index contributed by atoms with van der Waals surface area (Å²) in [5, 5.41) is 11.9. The molecule has 0 fully saturated rings. The molecule has 1 N–H and O–H groups in total. The predicted molar refractivity (Wildman–Crippen MR) is 115 cm³/mol. The molecule has 7 nitrogen and oxygen atoms in total. The Kier molecular flexibility index (Phi) is 6.32. The van der Waals surface area contributed by atoms with Gasteiger partial charge in [0.05, 0.1) is 24.8 Å². The molecule has 0 aliphatic heterocycles. The highest BCUT2D eigenvalue weighted by Crippen LogP contribution is 2.29. The molecule has 2 heterocycles. The Hall–Kier alpha value is -3.59. The summed E-state index contributed by atoms with van der Waals surface area (Å²) in [5.74, 6) is 1.49. The number of rotatable bonds is 8. The van der Waals surface area contributed by atoms with Crippen LogP contribution in [0.1, 0.15) is 5.56 Å². The second kappa shape index (κ2) is 9.48. The Morgan fingerprint density at radius 1 is 1.13 bits per heavy atom. The van der Waals surface area contributed by atoms with Crippen molar-refractivity contribution in [3.63, 3.8) is 0 Å². The van der Waals surface area contributed by atoms with Gasteiger partial charge in [0, 0.05) is 6.54 Å². The van der Waals surface area contributed by atoms with Crippen molar-refractivity contribution in [2.45, 2.75) is 11.7 Å². The van der Waals surface area contributed by atoms with Gasteiger partial charge in [0.1, 0.15) is 11.6 Å². The van der Waals surface area contributed by atoms with Crippen molar-refractivity contribution in [2.75, 3.05) is 12.9 Å². The van der Waals surface area contributed by atoms with Gasteiger partial charge in [-0.15, -0.1) is 10.2 Å². The Balaban J connectivity index is 1.49. The summed E-state index contributed by atoms with van der Waals surface area (Å²) in [7, 11) is 1.61. The van der Waals surface area contributed by atoms with Crippen LogP contribution in [0.25, 0.3) is 17.3 Å². The third-order valence-corrected chi connectivity index (χ3v) is 5.37. The first-order valence-electron chi connectivity index (χ1n) is 9.41. The van der Waals surface area contributed by atoms with Crippen molar-refractivity contribution in [2.24, 2.45) is 0 Å². The first kappa shape index (κ1) is 20.7. The fraction of sp³-hybridized carbons (Fsp3) is 0.136. The van der Waals surface area contributed by atoms with Crippen LogP contribution in [-0.4, -0.2) is 33.5 Å². The van der Waals surface area contributed by atoms with Crippen LogP contribution >= 0.6 is 11.8 Å². The summed E-state index contributed by atoms with van der Waals surface area (Å²) in [6.07, 6.45) is 1.57. The van der Waals surface area contributed by atoms with Crippen molar-refractivity contribution in [3.8, 4) is 23.0 Å². The molecule has 1 amide bonds. The van der Waals surface area contributed by atoms with E-state index in [1.165, 1.54) is 23.9 Å². The molecule has 0 saturated carbocycles. The van der Waals surface area contributed by atoms with Crippen molar-refractivity contribution in [3.05, 3.63) is 78.3 Å². The van der Waals surface area contributed by atoms with E-state index in [4.69, 9.17) is 9.15 Å². The minimum absolute atomic E-state index is 0.146. The summed E-state index contributed by atoms with van der Waals surface area (Å²) in [5.41, 5.74) is 1.63. The molecule has 0 aliphatic rings. The van der Waals surface area contributed by atoms with E-state index in [9.17, 15) is 9.18 Å². The van der Waals surface area contributed by atoms with Crippen LogP contribution in [0.5, 0.6) is 5.75 Å². The summed E-state index contributed by atoms with van der Waals surface area (Å²) >= 11 is 1.26. The number of aromatic nitrogens is 3. The van der Waals surface area contributed by atoms with Gasteiger partial charge in [0.25, 0.3) is 0 Å². The van der Waals surface area contributed by atoms with Gasteiger partial charge >= 0.3 is 0 Å². The van der Waals surface area contributed by atoms with Crippen molar-refractivity contribution < 1.29 is 18.3 Å². The smallest absolute Gasteiger partial charge is 0.230 e. The highest BCUT2D eigenvalue weighted by Gasteiger charge is 2.19. The zero-order chi connectivity index (χ0) is 21.6. The van der Waals surface area contributed by atoms with Gasteiger partial charge in [-0.1, -0.05) is 23.9 Å². The lowest BCUT2D eigenvalue weighted by molar-refractivity contribution is -0.118. The van der Waals surface area contributed by atoms with E-state index >= 15 is 0 Å². The number of hydrogen-bond acceptors (Lipinski definition) is 6. The van der Waals surface area contributed by atoms with Crippen molar-refractivity contribution in [1.82, 2.24) is 20.1 Å². The first-order chi connectivity index (χ1) is 15.1. The lowest BCUT2D eigenvalue weighted by Crippen LogP contribution is -2.24. The number of halogens is 1. The van der Waals surface area contributed by atoms with E-state index in [1.807, 2.05) is 28.8 Å². The highest BCUT2D eigenvalue weighted by molar-refractivity contribution is 7.99. The number of amides is 1. The molecular weight excluding hydrogens is 419 g/mol. The minimum Gasteiger partial charge on any atom is -0.497 e. The average Bonchev–Trinajstić information content (AvgIpc) is 3.47. The molecule has 0 saturated heterocycles. The van der Waals surface area contributed by atoms with Crippen molar-refractivity contribution >= 4 is 17.7 Å².